The highest BCUT2D eigenvalue weighted by molar-refractivity contribution is 5.48. The Hall–Kier alpha value is -1.13. The summed E-state index contributed by atoms with van der Waals surface area (Å²) in [5.74, 6) is -0.402. The van der Waals surface area contributed by atoms with E-state index in [-0.39, 0.29) is 0 Å². The van der Waals surface area contributed by atoms with Crippen molar-refractivity contribution < 1.29 is 9.50 Å². The predicted octanol–water partition coefficient (Wildman–Crippen LogP) is 0.789. The van der Waals surface area contributed by atoms with Crippen molar-refractivity contribution in [2.45, 2.75) is 19.1 Å². The van der Waals surface area contributed by atoms with Gasteiger partial charge in [0.25, 0.3) is 0 Å². The summed E-state index contributed by atoms with van der Waals surface area (Å²) in [6, 6.07) is 3.29. The number of hydrogen-bond acceptors (Lipinski definition) is 3. The molecule has 72 valence electrons. The van der Waals surface area contributed by atoms with Crippen molar-refractivity contribution in [3.05, 3.63) is 29.6 Å². The second-order valence-corrected chi connectivity index (χ2v) is 3.04. The van der Waals surface area contributed by atoms with E-state index >= 15 is 0 Å². The lowest BCUT2D eigenvalue weighted by atomic mass is 10.0. The quantitative estimate of drug-likeness (QED) is 0.595. The van der Waals surface area contributed by atoms with Crippen LogP contribution in [-0.4, -0.2) is 11.2 Å². The molecule has 0 saturated heterocycles. The largest absolute Gasteiger partial charge is 0.398 e. The first-order valence-electron chi connectivity index (χ1n) is 4.01. The van der Waals surface area contributed by atoms with Gasteiger partial charge < -0.3 is 16.6 Å². The van der Waals surface area contributed by atoms with Crippen LogP contribution < -0.4 is 11.5 Å². The fraction of sp³-hybridized carbons (Fsp3) is 0.333. The standard InChI is InChI=1S/C9H13FN2O/c1-5(13)9(12)7-4-6(10)2-3-8(7)11/h2-5,9,13H,11-12H2,1H3/t5-,9+/m1/s1. The van der Waals surface area contributed by atoms with E-state index in [1.165, 1.54) is 25.1 Å². The van der Waals surface area contributed by atoms with Crippen molar-refractivity contribution in [1.82, 2.24) is 0 Å². The Bertz CT molecular complexity index is 302. The summed E-state index contributed by atoms with van der Waals surface area (Å²) >= 11 is 0. The molecular weight excluding hydrogens is 171 g/mol. The summed E-state index contributed by atoms with van der Waals surface area (Å²) < 4.78 is 12.8. The lowest BCUT2D eigenvalue weighted by Crippen LogP contribution is -2.24. The molecule has 0 aromatic heterocycles. The van der Waals surface area contributed by atoms with Gasteiger partial charge in [0.2, 0.25) is 0 Å². The minimum Gasteiger partial charge on any atom is -0.398 e. The monoisotopic (exact) mass is 184 g/mol. The predicted molar refractivity (Wildman–Crippen MR) is 49.4 cm³/mol. The van der Waals surface area contributed by atoms with Crippen LogP contribution in [0.3, 0.4) is 0 Å². The van der Waals surface area contributed by atoms with Gasteiger partial charge >= 0.3 is 0 Å². The molecule has 0 aliphatic heterocycles. The zero-order chi connectivity index (χ0) is 10.0. The van der Waals surface area contributed by atoms with Crippen molar-refractivity contribution in [3.8, 4) is 0 Å². The van der Waals surface area contributed by atoms with Crippen molar-refractivity contribution in [2.24, 2.45) is 5.73 Å². The van der Waals surface area contributed by atoms with E-state index in [9.17, 15) is 9.50 Å². The number of benzene rings is 1. The summed E-state index contributed by atoms with van der Waals surface area (Å²) in [5, 5.41) is 9.19. The molecule has 0 aliphatic carbocycles. The molecule has 4 heteroatoms. The Kier molecular flexibility index (Phi) is 2.85. The molecule has 0 saturated carbocycles. The van der Waals surface area contributed by atoms with Gasteiger partial charge in [-0.2, -0.15) is 0 Å². The number of hydrogen-bond donors (Lipinski definition) is 3. The van der Waals surface area contributed by atoms with Crippen LogP contribution >= 0.6 is 0 Å². The van der Waals surface area contributed by atoms with Crippen LogP contribution in [0.15, 0.2) is 18.2 Å². The third-order valence-corrected chi connectivity index (χ3v) is 1.93. The van der Waals surface area contributed by atoms with Crippen LogP contribution in [0.1, 0.15) is 18.5 Å². The van der Waals surface area contributed by atoms with Gasteiger partial charge in [-0.1, -0.05) is 0 Å². The molecule has 0 aliphatic rings. The Morgan fingerprint density at radius 3 is 2.62 bits per heavy atom. The Labute approximate surface area is 76.2 Å². The zero-order valence-electron chi connectivity index (χ0n) is 7.37. The van der Waals surface area contributed by atoms with Crippen LogP contribution in [0.2, 0.25) is 0 Å². The molecule has 0 bridgehead atoms. The second-order valence-electron chi connectivity index (χ2n) is 3.04. The maximum Gasteiger partial charge on any atom is 0.123 e. The van der Waals surface area contributed by atoms with Crippen LogP contribution in [0.4, 0.5) is 10.1 Å². The summed E-state index contributed by atoms with van der Waals surface area (Å²) in [6.45, 7) is 1.54. The molecule has 0 fully saturated rings. The first kappa shape index (κ1) is 9.95. The number of aliphatic hydroxyl groups excluding tert-OH is 1. The van der Waals surface area contributed by atoms with Gasteiger partial charge in [-0.25, -0.2) is 4.39 Å². The molecule has 3 nitrogen and oxygen atoms in total. The van der Waals surface area contributed by atoms with Gasteiger partial charge in [-0.15, -0.1) is 0 Å². The maximum absolute atomic E-state index is 12.8. The second kappa shape index (κ2) is 3.72. The number of nitrogens with two attached hydrogens (primary N) is 2. The maximum atomic E-state index is 12.8. The fourth-order valence-corrected chi connectivity index (χ4v) is 1.09. The molecule has 1 aromatic rings. The van der Waals surface area contributed by atoms with Crippen LogP contribution in [0.25, 0.3) is 0 Å². The average Bonchev–Trinajstić information content (AvgIpc) is 2.08. The first-order valence-corrected chi connectivity index (χ1v) is 4.01. The molecule has 1 rings (SSSR count). The van der Waals surface area contributed by atoms with Gasteiger partial charge in [0.15, 0.2) is 0 Å². The smallest absolute Gasteiger partial charge is 0.123 e. The highest BCUT2D eigenvalue weighted by Crippen LogP contribution is 2.21. The first-order chi connectivity index (χ1) is 6.02. The van der Waals surface area contributed by atoms with Crippen LogP contribution in [0, 0.1) is 5.82 Å². The molecule has 2 atom stereocenters. The highest BCUT2D eigenvalue weighted by Gasteiger charge is 2.15. The molecule has 0 amide bonds. The Morgan fingerprint density at radius 2 is 2.08 bits per heavy atom. The highest BCUT2D eigenvalue weighted by atomic mass is 19.1. The number of nitrogen functional groups attached to an aromatic ring is 1. The lowest BCUT2D eigenvalue weighted by molar-refractivity contribution is 0.164. The molecule has 0 radical (unpaired) electrons. The summed E-state index contributed by atoms with van der Waals surface area (Å²) in [4.78, 5) is 0. The van der Waals surface area contributed by atoms with Gasteiger partial charge in [0, 0.05) is 5.69 Å². The van der Waals surface area contributed by atoms with Gasteiger partial charge in [-0.3, -0.25) is 0 Å². The Balaban J connectivity index is 3.05. The van der Waals surface area contributed by atoms with E-state index in [1.807, 2.05) is 0 Å². The van der Waals surface area contributed by atoms with E-state index in [2.05, 4.69) is 0 Å². The Morgan fingerprint density at radius 1 is 1.46 bits per heavy atom. The summed E-state index contributed by atoms with van der Waals surface area (Å²) in [7, 11) is 0. The SMILES string of the molecule is C[C@@H](O)[C@H](N)c1cc(F)ccc1N. The van der Waals surface area contributed by atoms with Crippen LogP contribution in [0.5, 0.6) is 0 Å². The third-order valence-electron chi connectivity index (χ3n) is 1.93. The number of rotatable bonds is 2. The molecule has 5 N–H and O–H groups in total. The number of halogens is 1. The van der Waals surface area contributed by atoms with Crippen molar-refractivity contribution in [3.63, 3.8) is 0 Å². The van der Waals surface area contributed by atoms with E-state index in [0.717, 1.165) is 0 Å². The molecule has 0 heterocycles. The van der Waals surface area contributed by atoms with Crippen molar-refractivity contribution in [1.29, 1.82) is 0 Å². The van der Waals surface area contributed by atoms with Crippen molar-refractivity contribution >= 4 is 5.69 Å². The van der Waals surface area contributed by atoms with E-state index in [1.54, 1.807) is 0 Å². The average molecular weight is 184 g/mol. The summed E-state index contributed by atoms with van der Waals surface area (Å²) in [5.41, 5.74) is 12.0. The topological polar surface area (TPSA) is 72.3 Å². The zero-order valence-corrected chi connectivity index (χ0v) is 7.37. The van der Waals surface area contributed by atoms with Crippen LogP contribution in [-0.2, 0) is 0 Å². The fourth-order valence-electron chi connectivity index (χ4n) is 1.09. The van der Waals surface area contributed by atoms with Gasteiger partial charge in [0.1, 0.15) is 5.82 Å². The van der Waals surface area contributed by atoms with Gasteiger partial charge in [0.05, 0.1) is 12.1 Å². The molecule has 0 spiro atoms. The molecule has 1 aromatic carbocycles. The molecule has 13 heavy (non-hydrogen) atoms. The van der Waals surface area contributed by atoms with Crippen molar-refractivity contribution in [2.75, 3.05) is 5.73 Å². The van der Waals surface area contributed by atoms with Gasteiger partial charge in [-0.05, 0) is 30.7 Å². The summed E-state index contributed by atoms with van der Waals surface area (Å²) in [6.07, 6.45) is -0.746. The van der Waals surface area contributed by atoms with E-state index in [4.69, 9.17) is 11.5 Å². The molecule has 0 unspecified atom stereocenters. The van der Waals surface area contributed by atoms with E-state index < -0.39 is 18.0 Å². The molecular formula is C9H13FN2O. The minimum absolute atomic E-state index is 0.398. The minimum atomic E-state index is -0.746. The number of anilines is 1. The normalized spacial score (nSPS) is 15.4. The number of aliphatic hydroxyl groups is 1. The van der Waals surface area contributed by atoms with E-state index in [0.29, 0.717) is 11.3 Å². The third kappa shape index (κ3) is 2.17. The lowest BCUT2D eigenvalue weighted by Gasteiger charge is -2.16.